The molecule has 10 heteroatoms. The van der Waals surface area contributed by atoms with Crippen LogP contribution in [0.3, 0.4) is 0 Å². The van der Waals surface area contributed by atoms with E-state index in [-0.39, 0.29) is 17.1 Å². The lowest BCUT2D eigenvalue weighted by molar-refractivity contribution is -0.112. The minimum atomic E-state index is -0.214. The van der Waals surface area contributed by atoms with Crippen LogP contribution in [0, 0.1) is 11.3 Å². The molecule has 1 aromatic heterocycles. The number of rotatable bonds is 8. The third-order valence-corrected chi connectivity index (χ3v) is 6.91. The summed E-state index contributed by atoms with van der Waals surface area (Å²) in [6.45, 7) is 1.22. The van der Waals surface area contributed by atoms with E-state index in [2.05, 4.69) is 21.6 Å². The van der Waals surface area contributed by atoms with E-state index in [9.17, 15) is 10.1 Å². The van der Waals surface area contributed by atoms with Gasteiger partial charge in [-0.15, -0.1) is 10.2 Å². The van der Waals surface area contributed by atoms with Crippen molar-refractivity contribution in [3.05, 3.63) is 34.9 Å². The average molecular weight is 420 g/mol. The number of nitrogens with zero attached hydrogens (tertiary/aromatic N) is 4. The Labute approximate surface area is 169 Å². The van der Waals surface area contributed by atoms with Crippen LogP contribution in [0.25, 0.3) is 0 Å². The summed E-state index contributed by atoms with van der Waals surface area (Å²) in [5, 5.41) is 22.1. The van der Waals surface area contributed by atoms with E-state index in [1.807, 2.05) is 36.2 Å². The lowest BCUT2D eigenvalue weighted by Gasteiger charge is -2.14. The zero-order chi connectivity index (χ0) is 19.2. The smallest absolute Gasteiger partial charge is 0.206 e. The fourth-order valence-corrected chi connectivity index (χ4v) is 5.16. The Morgan fingerprint density at radius 2 is 2.22 bits per heavy atom. The third-order valence-electron chi connectivity index (χ3n) is 3.66. The second kappa shape index (κ2) is 9.23. The summed E-state index contributed by atoms with van der Waals surface area (Å²) >= 11 is 4.11. The van der Waals surface area contributed by atoms with Crippen molar-refractivity contribution in [2.45, 2.75) is 9.24 Å². The van der Waals surface area contributed by atoms with Crippen LogP contribution in [-0.2, 0) is 9.53 Å². The van der Waals surface area contributed by atoms with Gasteiger partial charge in [0.2, 0.25) is 5.13 Å². The minimum absolute atomic E-state index is 0.143. The minimum Gasteiger partial charge on any atom is -0.383 e. The molecule has 1 aromatic carbocycles. The molecule has 27 heavy (non-hydrogen) atoms. The molecule has 0 unspecified atom stereocenters. The van der Waals surface area contributed by atoms with Gasteiger partial charge in [-0.05, 0) is 12.1 Å². The summed E-state index contributed by atoms with van der Waals surface area (Å²) in [6.07, 6.45) is 0. The number of allylic oxidation sites excluding steroid dienone is 1. The summed E-state index contributed by atoms with van der Waals surface area (Å²) in [6, 6.07) is 9.92. The van der Waals surface area contributed by atoms with E-state index >= 15 is 0 Å². The van der Waals surface area contributed by atoms with Crippen LogP contribution in [0.1, 0.15) is 0 Å². The number of carbonyl (C=O) groups is 1. The Bertz CT molecular complexity index is 906. The van der Waals surface area contributed by atoms with Gasteiger partial charge >= 0.3 is 0 Å². The van der Waals surface area contributed by atoms with Crippen LogP contribution in [0.5, 0.6) is 0 Å². The van der Waals surface area contributed by atoms with Crippen molar-refractivity contribution in [1.29, 1.82) is 5.26 Å². The molecule has 1 aliphatic rings. The normalized spacial score (nSPS) is 14.6. The number of aromatic nitrogens is 2. The topological polar surface area (TPSA) is 91.1 Å². The standard InChI is InChI=1S/C17H17N5O2S3/c1-22-12-5-3-4-6-14(12)26-15(22)11(9-18)13(23)10-25-17-21-20-16(27-17)19-7-8-24-2/h3-6H,7-8,10H2,1-2H3,(H,19,20). The highest BCUT2D eigenvalue weighted by atomic mass is 32.2. The van der Waals surface area contributed by atoms with Gasteiger partial charge in [-0.3, -0.25) is 4.79 Å². The van der Waals surface area contributed by atoms with Gasteiger partial charge in [-0.1, -0.05) is 47.0 Å². The van der Waals surface area contributed by atoms with Gasteiger partial charge in [-0.2, -0.15) is 5.26 Å². The highest BCUT2D eigenvalue weighted by molar-refractivity contribution is 8.04. The molecule has 0 spiro atoms. The molecule has 1 N–H and O–H groups in total. The monoisotopic (exact) mass is 419 g/mol. The molecule has 2 heterocycles. The number of nitriles is 1. The van der Waals surface area contributed by atoms with Crippen molar-refractivity contribution in [2.24, 2.45) is 0 Å². The Balaban J connectivity index is 1.64. The van der Waals surface area contributed by atoms with Crippen LogP contribution in [0.15, 0.2) is 44.1 Å². The SMILES string of the molecule is COCCNc1nnc(SCC(=O)C(C#N)=C2Sc3ccccc3N2C)s1. The number of nitrogens with one attached hydrogen (secondary N) is 1. The zero-order valence-corrected chi connectivity index (χ0v) is 17.2. The predicted octanol–water partition coefficient (Wildman–Crippen LogP) is 3.23. The first-order valence-corrected chi connectivity index (χ1v) is 10.6. The average Bonchev–Trinajstić information content (AvgIpc) is 3.26. The van der Waals surface area contributed by atoms with Crippen LogP contribution in [0.2, 0.25) is 0 Å². The number of methoxy groups -OCH3 is 1. The van der Waals surface area contributed by atoms with Crippen molar-refractivity contribution < 1.29 is 9.53 Å². The van der Waals surface area contributed by atoms with Gasteiger partial charge in [-0.25, -0.2) is 0 Å². The summed E-state index contributed by atoms with van der Waals surface area (Å²) in [7, 11) is 3.50. The third kappa shape index (κ3) is 4.62. The maximum atomic E-state index is 12.6. The number of fused-ring (bicyclic) bond motifs is 1. The quantitative estimate of drug-likeness (QED) is 0.300. The second-order valence-corrected chi connectivity index (χ2v) is 8.66. The number of hydrogen-bond acceptors (Lipinski definition) is 10. The number of carbonyl (C=O) groups excluding carboxylic acids is 1. The molecule has 0 saturated heterocycles. The van der Waals surface area contributed by atoms with E-state index in [1.54, 1.807) is 7.11 Å². The second-order valence-electron chi connectivity index (χ2n) is 5.43. The number of ether oxygens (including phenoxy) is 1. The molecule has 1 aliphatic heterocycles. The lowest BCUT2D eigenvalue weighted by Crippen LogP contribution is -2.16. The van der Waals surface area contributed by atoms with Crippen molar-refractivity contribution in [1.82, 2.24) is 10.2 Å². The maximum Gasteiger partial charge on any atom is 0.206 e. The largest absolute Gasteiger partial charge is 0.383 e. The summed E-state index contributed by atoms with van der Waals surface area (Å²) in [5.74, 6) is -0.0714. The van der Waals surface area contributed by atoms with E-state index in [4.69, 9.17) is 4.74 Å². The lowest BCUT2D eigenvalue weighted by atomic mass is 10.2. The summed E-state index contributed by atoms with van der Waals surface area (Å²) in [4.78, 5) is 15.6. The molecule has 140 valence electrons. The Morgan fingerprint density at radius 3 is 2.96 bits per heavy atom. The first-order valence-electron chi connectivity index (χ1n) is 8.01. The fourth-order valence-electron chi connectivity index (χ4n) is 2.35. The molecule has 0 aliphatic carbocycles. The van der Waals surface area contributed by atoms with Crippen LogP contribution < -0.4 is 10.2 Å². The predicted molar refractivity (Wildman–Crippen MR) is 109 cm³/mol. The molecule has 7 nitrogen and oxygen atoms in total. The molecule has 0 bridgehead atoms. The van der Waals surface area contributed by atoms with Gasteiger partial charge in [0, 0.05) is 25.6 Å². The number of thioether (sulfide) groups is 2. The van der Waals surface area contributed by atoms with Crippen molar-refractivity contribution in [2.75, 3.05) is 43.3 Å². The van der Waals surface area contributed by atoms with Gasteiger partial charge in [0.25, 0.3) is 0 Å². The Morgan fingerprint density at radius 1 is 1.41 bits per heavy atom. The van der Waals surface area contributed by atoms with E-state index in [1.165, 1.54) is 34.9 Å². The van der Waals surface area contributed by atoms with Crippen molar-refractivity contribution >= 4 is 51.5 Å². The highest BCUT2D eigenvalue weighted by Crippen LogP contribution is 2.46. The molecule has 0 saturated carbocycles. The summed E-state index contributed by atoms with van der Waals surface area (Å²) in [5.41, 5.74) is 1.18. The number of anilines is 2. The Kier molecular flexibility index (Phi) is 6.73. The molecule has 0 amide bonds. The number of ketones is 1. The first kappa shape index (κ1) is 19.7. The van der Waals surface area contributed by atoms with Gasteiger partial charge in [0.1, 0.15) is 16.7 Å². The van der Waals surface area contributed by atoms with E-state index < -0.39 is 0 Å². The summed E-state index contributed by atoms with van der Waals surface area (Å²) < 4.78 is 5.65. The Hall–Kier alpha value is -2.06. The van der Waals surface area contributed by atoms with Crippen LogP contribution >= 0.6 is 34.9 Å². The van der Waals surface area contributed by atoms with E-state index in [0.717, 1.165) is 10.6 Å². The molecular weight excluding hydrogens is 402 g/mol. The molecule has 2 aromatic rings. The van der Waals surface area contributed by atoms with Gasteiger partial charge in [0.05, 0.1) is 18.0 Å². The molecule has 3 rings (SSSR count). The number of hydrogen-bond donors (Lipinski definition) is 1. The number of benzene rings is 1. The van der Waals surface area contributed by atoms with Crippen molar-refractivity contribution in [3.8, 4) is 6.07 Å². The van der Waals surface area contributed by atoms with Gasteiger partial charge < -0.3 is 15.0 Å². The van der Waals surface area contributed by atoms with Crippen LogP contribution in [-0.4, -0.2) is 49.0 Å². The molecule has 0 radical (unpaired) electrons. The molecule has 0 atom stereocenters. The zero-order valence-electron chi connectivity index (χ0n) is 14.8. The maximum absolute atomic E-state index is 12.6. The number of Topliss-reactive ketones (excluding diaryl/α,β-unsaturated/α-hetero) is 1. The first-order chi connectivity index (χ1) is 13.1. The van der Waals surface area contributed by atoms with Crippen molar-refractivity contribution in [3.63, 3.8) is 0 Å². The molecular formula is C17H17N5O2S3. The van der Waals surface area contributed by atoms with E-state index in [0.29, 0.717) is 27.7 Å². The fraction of sp³-hybridized carbons (Fsp3) is 0.294. The number of para-hydroxylation sites is 1. The van der Waals surface area contributed by atoms with Crippen LogP contribution in [0.4, 0.5) is 10.8 Å². The molecule has 0 fully saturated rings. The highest BCUT2D eigenvalue weighted by Gasteiger charge is 2.27. The van der Waals surface area contributed by atoms with Gasteiger partial charge in [0.15, 0.2) is 10.1 Å².